The van der Waals surface area contributed by atoms with E-state index in [0.717, 1.165) is 5.56 Å². The van der Waals surface area contributed by atoms with Crippen LogP contribution in [0.4, 0.5) is 0 Å². The molecule has 0 aromatic heterocycles. The fraction of sp³-hybridized carbons (Fsp3) is 0.400. The number of esters is 1. The molecule has 1 aromatic rings. The SMILES string of the molecule is C=C(C)C(=O)OCc1ccccc1.CC.CC. The van der Waals surface area contributed by atoms with Crippen LogP contribution in [0.15, 0.2) is 42.5 Å². The van der Waals surface area contributed by atoms with Crippen molar-refractivity contribution in [3.05, 3.63) is 48.0 Å². The van der Waals surface area contributed by atoms with E-state index in [9.17, 15) is 4.79 Å². The topological polar surface area (TPSA) is 26.3 Å². The summed E-state index contributed by atoms with van der Waals surface area (Å²) in [4.78, 5) is 11.0. The molecule has 1 rings (SSSR count). The van der Waals surface area contributed by atoms with Crippen LogP contribution in [0.3, 0.4) is 0 Å². The molecular formula is C15H24O2. The summed E-state index contributed by atoms with van der Waals surface area (Å²) in [6, 6.07) is 9.55. The molecule has 0 atom stereocenters. The van der Waals surface area contributed by atoms with Gasteiger partial charge in [-0.05, 0) is 12.5 Å². The normalized spacial score (nSPS) is 7.82. The van der Waals surface area contributed by atoms with Crippen molar-refractivity contribution in [1.29, 1.82) is 0 Å². The highest BCUT2D eigenvalue weighted by Crippen LogP contribution is 2.02. The molecule has 0 aliphatic heterocycles. The van der Waals surface area contributed by atoms with Crippen molar-refractivity contribution in [2.45, 2.75) is 41.2 Å². The molecule has 0 bridgehead atoms. The molecular weight excluding hydrogens is 212 g/mol. The zero-order chi connectivity index (χ0) is 13.7. The van der Waals surface area contributed by atoms with Crippen molar-refractivity contribution in [2.75, 3.05) is 0 Å². The predicted octanol–water partition coefficient (Wildman–Crippen LogP) is 4.36. The maximum atomic E-state index is 11.0. The monoisotopic (exact) mass is 236 g/mol. The van der Waals surface area contributed by atoms with E-state index < -0.39 is 0 Å². The van der Waals surface area contributed by atoms with E-state index in [1.807, 2.05) is 58.0 Å². The van der Waals surface area contributed by atoms with E-state index >= 15 is 0 Å². The lowest BCUT2D eigenvalue weighted by Crippen LogP contribution is -2.04. The van der Waals surface area contributed by atoms with E-state index in [1.165, 1.54) is 0 Å². The smallest absolute Gasteiger partial charge is 0.333 e. The number of ether oxygens (including phenoxy) is 1. The number of benzene rings is 1. The molecule has 0 aliphatic rings. The Hall–Kier alpha value is -1.57. The number of hydrogen-bond acceptors (Lipinski definition) is 2. The molecule has 2 nitrogen and oxygen atoms in total. The van der Waals surface area contributed by atoms with Gasteiger partial charge in [0.1, 0.15) is 6.61 Å². The van der Waals surface area contributed by atoms with Crippen LogP contribution in [0, 0.1) is 0 Å². The van der Waals surface area contributed by atoms with Crippen molar-refractivity contribution in [3.63, 3.8) is 0 Å². The second kappa shape index (κ2) is 12.5. The Morgan fingerprint density at radius 2 is 1.59 bits per heavy atom. The Morgan fingerprint density at radius 1 is 1.12 bits per heavy atom. The van der Waals surface area contributed by atoms with Gasteiger partial charge in [0.2, 0.25) is 0 Å². The summed E-state index contributed by atoms with van der Waals surface area (Å²) >= 11 is 0. The third-order valence-electron chi connectivity index (χ3n) is 1.56. The largest absolute Gasteiger partial charge is 0.457 e. The summed E-state index contributed by atoms with van der Waals surface area (Å²) < 4.78 is 4.95. The van der Waals surface area contributed by atoms with Gasteiger partial charge in [-0.1, -0.05) is 64.6 Å². The first-order valence-corrected chi connectivity index (χ1v) is 6.06. The van der Waals surface area contributed by atoms with E-state index in [1.54, 1.807) is 6.92 Å². The van der Waals surface area contributed by atoms with Crippen LogP contribution in [0.5, 0.6) is 0 Å². The first-order valence-electron chi connectivity index (χ1n) is 6.06. The molecule has 0 unspecified atom stereocenters. The van der Waals surface area contributed by atoms with Crippen LogP contribution in [0.1, 0.15) is 40.2 Å². The van der Waals surface area contributed by atoms with Crippen molar-refractivity contribution >= 4 is 5.97 Å². The fourth-order valence-corrected chi connectivity index (χ4v) is 0.846. The number of carbonyl (C=O) groups excluding carboxylic acids is 1. The van der Waals surface area contributed by atoms with Gasteiger partial charge in [0.25, 0.3) is 0 Å². The Balaban J connectivity index is 0. The molecule has 0 fully saturated rings. The summed E-state index contributed by atoms with van der Waals surface area (Å²) in [6.45, 7) is 13.4. The van der Waals surface area contributed by atoms with Crippen molar-refractivity contribution < 1.29 is 9.53 Å². The Morgan fingerprint density at radius 3 is 2.00 bits per heavy atom. The minimum absolute atomic E-state index is 0.312. The molecule has 17 heavy (non-hydrogen) atoms. The van der Waals surface area contributed by atoms with Gasteiger partial charge < -0.3 is 4.74 Å². The highest BCUT2D eigenvalue weighted by molar-refractivity contribution is 5.86. The molecule has 0 radical (unpaired) electrons. The third kappa shape index (κ3) is 9.36. The van der Waals surface area contributed by atoms with Crippen LogP contribution >= 0.6 is 0 Å². The first-order chi connectivity index (χ1) is 8.20. The van der Waals surface area contributed by atoms with Crippen LogP contribution in [-0.4, -0.2) is 5.97 Å². The molecule has 1 aromatic carbocycles. The average Bonchev–Trinajstić information content (AvgIpc) is 2.41. The fourth-order valence-electron chi connectivity index (χ4n) is 0.846. The van der Waals surface area contributed by atoms with E-state index in [-0.39, 0.29) is 5.97 Å². The lowest BCUT2D eigenvalue weighted by atomic mass is 10.2. The molecule has 0 saturated heterocycles. The Kier molecular flexibility index (Phi) is 13.1. The van der Waals surface area contributed by atoms with Crippen molar-refractivity contribution in [1.82, 2.24) is 0 Å². The third-order valence-corrected chi connectivity index (χ3v) is 1.56. The lowest BCUT2D eigenvalue weighted by molar-refractivity contribution is -0.140. The molecule has 0 N–H and O–H groups in total. The second-order valence-electron chi connectivity index (χ2n) is 2.84. The Labute approximate surface area is 105 Å². The Bertz CT molecular complexity index is 302. The van der Waals surface area contributed by atoms with Crippen LogP contribution < -0.4 is 0 Å². The number of hydrogen-bond donors (Lipinski definition) is 0. The number of carbonyl (C=O) groups is 1. The van der Waals surface area contributed by atoms with Gasteiger partial charge in [0.15, 0.2) is 0 Å². The summed E-state index contributed by atoms with van der Waals surface area (Å²) in [7, 11) is 0. The molecule has 0 heterocycles. The zero-order valence-corrected chi connectivity index (χ0v) is 11.6. The molecule has 96 valence electrons. The minimum atomic E-state index is -0.344. The molecule has 0 aliphatic carbocycles. The van der Waals surface area contributed by atoms with E-state index in [2.05, 4.69) is 6.58 Å². The van der Waals surface area contributed by atoms with Crippen molar-refractivity contribution in [3.8, 4) is 0 Å². The zero-order valence-electron chi connectivity index (χ0n) is 11.6. The van der Waals surface area contributed by atoms with Gasteiger partial charge in [-0.15, -0.1) is 0 Å². The molecule has 0 saturated carbocycles. The van der Waals surface area contributed by atoms with Crippen molar-refractivity contribution in [2.24, 2.45) is 0 Å². The summed E-state index contributed by atoms with van der Waals surface area (Å²) in [5, 5.41) is 0. The van der Waals surface area contributed by atoms with Gasteiger partial charge in [0.05, 0.1) is 0 Å². The summed E-state index contributed by atoms with van der Waals surface area (Å²) in [5.74, 6) is -0.344. The highest BCUT2D eigenvalue weighted by atomic mass is 16.5. The quantitative estimate of drug-likeness (QED) is 0.576. The second-order valence-corrected chi connectivity index (χ2v) is 2.84. The van der Waals surface area contributed by atoms with Gasteiger partial charge in [-0.25, -0.2) is 4.79 Å². The molecule has 0 spiro atoms. The maximum absolute atomic E-state index is 11.0. The van der Waals surface area contributed by atoms with Crippen LogP contribution in [0.25, 0.3) is 0 Å². The van der Waals surface area contributed by atoms with Crippen LogP contribution in [0.2, 0.25) is 0 Å². The lowest BCUT2D eigenvalue weighted by Gasteiger charge is -2.03. The van der Waals surface area contributed by atoms with Crippen LogP contribution in [-0.2, 0) is 16.1 Å². The highest BCUT2D eigenvalue weighted by Gasteiger charge is 2.02. The maximum Gasteiger partial charge on any atom is 0.333 e. The van der Waals surface area contributed by atoms with Gasteiger partial charge in [-0.3, -0.25) is 0 Å². The van der Waals surface area contributed by atoms with E-state index in [4.69, 9.17) is 4.74 Å². The van der Waals surface area contributed by atoms with Gasteiger partial charge in [-0.2, -0.15) is 0 Å². The van der Waals surface area contributed by atoms with E-state index in [0.29, 0.717) is 12.2 Å². The standard InChI is InChI=1S/C11H12O2.2C2H6/c1-9(2)11(12)13-8-10-6-4-3-5-7-10;2*1-2/h3-7H,1,8H2,2H3;2*1-2H3. The summed E-state index contributed by atoms with van der Waals surface area (Å²) in [6.07, 6.45) is 0. The predicted molar refractivity (Wildman–Crippen MR) is 73.7 cm³/mol. The van der Waals surface area contributed by atoms with Gasteiger partial charge in [0, 0.05) is 5.57 Å². The first kappa shape index (κ1) is 17.8. The average molecular weight is 236 g/mol. The molecule has 0 amide bonds. The summed E-state index contributed by atoms with van der Waals surface area (Å²) in [5.41, 5.74) is 1.41. The van der Waals surface area contributed by atoms with Gasteiger partial charge >= 0.3 is 5.97 Å². The number of rotatable bonds is 3. The minimum Gasteiger partial charge on any atom is -0.457 e. The molecule has 2 heteroatoms.